The van der Waals surface area contributed by atoms with Crippen molar-refractivity contribution in [2.75, 3.05) is 12.8 Å². The molecule has 0 N–H and O–H groups in total. The summed E-state index contributed by atoms with van der Waals surface area (Å²) in [7, 11) is 3.39. The van der Waals surface area contributed by atoms with Crippen molar-refractivity contribution in [1.82, 2.24) is 24.1 Å². The van der Waals surface area contributed by atoms with Crippen molar-refractivity contribution in [3.8, 4) is 11.3 Å². The minimum Gasteiger partial charge on any atom is -0.459 e. The fraction of sp³-hybridized carbons (Fsp3) is 0.167. The number of furan rings is 1. The van der Waals surface area contributed by atoms with Crippen LogP contribution in [-0.2, 0) is 18.4 Å². The van der Waals surface area contributed by atoms with Crippen LogP contribution in [0.15, 0.2) is 75.0 Å². The van der Waals surface area contributed by atoms with Gasteiger partial charge in [-0.2, -0.15) is 0 Å². The predicted molar refractivity (Wildman–Crippen MR) is 132 cm³/mol. The summed E-state index contributed by atoms with van der Waals surface area (Å²) in [6.07, 6.45) is 0. The first-order valence-corrected chi connectivity index (χ1v) is 11.8. The number of carbonyl (C=O) groups is 1. The smallest absolute Gasteiger partial charge is 0.262 e. The van der Waals surface area contributed by atoms with Gasteiger partial charge >= 0.3 is 0 Å². The van der Waals surface area contributed by atoms with Crippen LogP contribution >= 0.6 is 23.4 Å². The standard InChI is InChI=1S/C24H20ClN5O3S/c1-28(13-17-11-12-20(33-17)15-7-9-16(25)10-8-15)21(31)14-34-24-27-26-23-29(2)22(32)18-5-3-4-6-19(18)30(23)24/h3-12H,13-14H2,1-2H3. The number of carbonyl (C=O) groups excluding carboxylic acids is 1. The van der Waals surface area contributed by atoms with Crippen LogP contribution in [0.5, 0.6) is 0 Å². The second-order valence-corrected chi connectivity index (χ2v) is 9.19. The molecule has 0 saturated carbocycles. The minimum absolute atomic E-state index is 0.0830. The molecule has 5 aromatic rings. The maximum absolute atomic E-state index is 12.8. The predicted octanol–water partition coefficient (Wildman–Crippen LogP) is 4.25. The molecule has 0 saturated heterocycles. The molecule has 5 rings (SSSR count). The molecule has 10 heteroatoms. The van der Waals surface area contributed by atoms with Crippen molar-refractivity contribution in [2.45, 2.75) is 11.7 Å². The molecule has 0 bridgehead atoms. The fourth-order valence-corrected chi connectivity index (χ4v) is 4.70. The van der Waals surface area contributed by atoms with E-state index in [9.17, 15) is 9.59 Å². The van der Waals surface area contributed by atoms with Crippen LogP contribution in [0.3, 0.4) is 0 Å². The topological polar surface area (TPSA) is 85.6 Å². The number of aryl methyl sites for hydroxylation is 1. The van der Waals surface area contributed by atoms with Gasteiger partial charge in [0.25, 0.3) is 5.56 Å². The highest BCUT2D eigenvalue weighted by molar-refractivity contribution is 7.99. The highest BCUT2D eigenvalue weighted by atomic mass is 35.5. The van der Waals surface area contributed by atoms with Crippen molar-refractivity contribution < 1.29 is 9.21 Å². The van der Waals surface area contributed by atoms with Crippen LogP contribution in [-0.4, -0.2) is 42.8 Å². The third-order valence-electron chi connectivity index (χ3n) is 5.53. The summed E-state index contributed by atoms with van der Waals surface area (Å²) in [6.45, 7) is 0.338. The molecule has 0 aliphatic heterocycles. The first kappa shape index (κ1) is 22.2. The van der Waals surface area contributed by atoms with Gasteiger partial charge in [-0.1, -0.05) is 35.5 Å². The van der Waals surface area contributed by atoms with E-state index in [4.69, 9.17) is 16.0 Å². The fourth-order valence-electron chi connectivity index (χ4n) is 3.70. The molecule has 0 atom stereocenters. The van der Waals surface area contributed by atoms with Crippen molar-refractivity contribution >= 4 is 46.0 Å². The number of thioether (sulfide) groups is 1. The van der Waals surface area contributed by atoms with E-state index in [1.54, 1.807) is 41.6 Å². The molecule has 0 aliphatic carbocycles. The van der Waals surface area contributed by atoms with E-state index in [0.717, 1.165) is 5.56 Å². The number of amides is 1. The number of fused-ring (bicyclic) bond motifs is 3. The summed E-state index contributed by atoms with van der Waals surface area (Å²) in [6, 6.07) is 18.4. The number of hydrogen-bond donors (Lipinski definition) is 0. The van der Waals surface area contributed by atoms with Crippen LogP contribution in [0, 0.1) is 0 Å². The Morgan fingerprint density at radius 1 is 1.09 bits per heavy atom. The van der Waals surface area contributed by atoms with Crippen molar-refractivity contribution in [3.05, 3.63) is 81.8 Å². The molecule has 172 valence electrons. The van der Waals surface area contributed by atoms with Gasteiger partial charge in [-0.25, -0.2) is 0 Å². The Balaban J connectivity index is 1.30. The van der Waals surface area contributed by atoms with Gasteiger partial charge in [0.2, 0.25) is 11.7 Å². The molecule has 0 radical (unpaired) electrons. The first-order chi connectivity index (χ1) is 16.4. The lowest BCUT2D eigenvalue weighted by Gasteiger charge is -2.15. The summed E-state index contributed by atoms with van der Waals surface area (Å²) in [4.78, 5) is 27.0. The maximum Gasteiger partial charge on any atom is 0.262 e. The Hall–Kier alpha value is -3.56. The lowest BCUT2D eigenvalue weighted by Crippen LogP contribution is -2.27. The Morgan fingerprint density at radius 2 is 1.85 bits per heavy atom. The summed E-state index contributed by atoms with van der Waals surface area (Å²) < 4.78 is 9.17. The van der Waals surface area contributed by atoms with E-state index in [0.29, 0.717) is 44.9 Å². The van der Waals surface area contributed by atoms with E-state index in [2.05, 4.69) is 10.2 Å². The first-order valence-electron chi connectivity index (χ1n) is 10.5. The zero-order valence-electron chi connectivity index (χ0n) is 18.4. The molecule has 8 nitrogen and oxygen atoms in total. The highest BCUT2D eigenvalue weighted by Crippen LogP contribution is 2.25. The van der Waals surface area contributed by atoms with Crippen molar-refractivity contribution in [2.24, 2.45) is 7.05 Å². The molecule has 0 spiro atoms. The number of halogens is 1. The lowest BCUT2D eigenvalue weighted by atomic mass is 10.2. The highest BCUT2D eigenvalue weighted by Gasteiger charge is 2.18. The number of aromatic nitrogens is 4. The summed E-state index contributed by atoms with van der Waals surface area (Å²) in [5.74, 6) is 1.91. The normalized spacial score (nSPS) is 11.4. The molecular weight excluding hydrogens is 474 g/mol. The number of rotatable bonds is 6. The van der Waals surface area contributed by atoms with Gasteiger partial charge in [0.05, 0.1) is 23.2 Å². The molecule has 1 amide bonds. The zero-order valence-corrected chi connectivity index (χ0v) is 20.0. The largest absolute Gasteiger partial charge is 0.459 e. The summed E-state index contributed by atoms with van der Waals surface area (Å²) >= 11 is 7.22. The third-order valence-corrected chi connectivity index (χ3v) is 6.70. The van der Waals surface area contributed by atoms with Crippen LogP contribution in [0.1, 0.15) is 5.76 Å². The molecule has 3 heterocycles. The summed E-state index contributed by atoms with van der Waals surface area (Å²) in [5, 5.41) is 10.2. The van der Waals surface area contributed by atoms with Crippen molar-refractivity contribution in [3.63, 3.8) is 0 Å². The van der Waals surface area contributed by atoms with E-state index in [1.165, 1.54) is 16.3 Å². The van der Waals surface area contributed by atoms with Crippen LogP contribution < -0.4 is 5.56 Å². The van der Waals surface area contributed by atoms with Crippen LogP contribution in [0.2, 0.25) is 5.02 Å². The molecule has 0 fully saturated rings. The Morgan fingerprint density at radius 3 is 2.65 bits per heavy atom. The Kier molecular flexibility index (Phi) is 5.89. The molecular formula is C24H20ClN5O3S. The van der Waals surface area contributed by atoms with Crippen LogP contribution in [0.4, 0.5) is 0 Å². The molecule has 0 unspecified atom stereocenters. The number of hydrogen-bond acceptors (Lipinski definition) is 6. The Bertz CT molecular complexity index is 1570. The van der Waals surface area contributed by atoms with E-state index in [-0.39, 0.29) is 17.2 Å². The lowest BCUT2D eigenvalue weighted by molar-refractivity contribution is -0.127. The van der Waals surface area contributed by atoms with Gasteiger partial charge < -0.3 is 9.32 Å². The second-order valence-electron chi connectivity index (χ2n) is 7.81. The monoisotopic (exact) mass is 493 g/mol. The van der Waals surface area contributed by atoms with E-state index in [1.807, 2.05) is 42.5 Å². The third kappa shape index (κ3) is 4.08. The molecule has 3 aromatic heterocycles. The number of nitrogens with zero attached hydrogens (tertiary/aromatic N) is 5. The van der Waals surface area contributed by atoms with Gasteiger partial charge in [-0.05, 0) is 48.5 Å². The summed E-state index contributed by atoms with van der Waals surface area (Å²) in [5.41, 5.74) is 1.49. The number of para-hydroxylation sites is 1. The van der Waals surface area contributed by atoms with Gasteiger partial charge in [0.1, 0.15) is 11.5 Å². The SMILES string of the molecule is CN(Cc1ccc(-c2ccc(Cl)cc2)o1)C(=O)CSc1nnc2n(C)c(=O)c3ccccc3n12. The van der Waals surface area contributed by atoms with E-state index >= 15 is 0 Å². The second kappa shape index (κ2) is 9.00. The Labute approximate surface area is 203 Å². The average Bonchev–Trinajstić information content (AvgIpc) is 3.49. The molecule has 34 heavy (non-hydrogen) atoms. The number of benzene rings is 2. The van der Waals surface area contributed by atoms with Gasteiger partial charge in [0.15, 0.2) is 5.16 Å². The molecule has 2 aromatic carbocycles. The zero-order chi connectivity index (χ0) is 23.8. The van der Waals surface area contributed by atoms with Gasteiger partial charge in [0, 0.05) is 24.7 Å². The molecule has 0 aliphatic rings. The van der Waals surface area contributed by atoms with Crippen LogP contribution in [0.25, 0.3) is 28.0 Å². The quantitative estimate of drug-likeness (QED) is 0.329. The maximum atomic E-state index is 12.8. The van der Waals surface area contributed by atoms with Crippen molar-refractivity contribution in [1.29, 1.82) is 0 Å². The van der Waals surface area contributed by atoms with Gasteiger partial charge in [-0.3, -0.25) is 18.6 Å². The minimum atomic E-state index is -0.140. The van der Waals surface area contributed by atoms with E-state index < -0.39 is 0 Å². The average molecular weight is 494 g/mol. The van der Waals surface area contributed by atoms with Gasteiger partial charge in [-0.15, -0.1) is 10.2 Å².